The van der Waals surface area contributed by atoms with E-state index in [2.05, 4.69) is 108 Å². The lowest BCUT2D eigenvalue weighted by Crippen LogP contribution is -2.00. The number of benzene rings is 8. The molecule has 0 aliphatic rings. The largest absolute Gasteiger partial charge is 0.435 e. The summed E-state index contributed by atoms with van der Waals surface area (Å²) >= 11 is 0. The highest BCUT2D eigenvalue weighted by molar-refractivity contribution is 6.27. The maximum atomic E-state index is 6.66. The first-order valence-electron chi connectivity index (χ1n) is 18.0. The van der Waals surface area contributed by atoms with E-state index in [9.17, 15) is 0 Å². The van der Waals surface area contributed by atoms with Crippen LogP contribution in [-0.4, -0.2) is 24.5 Å². The molecule has 0 unspecified atom stereocenters. The number of fused-ring (bicyclic) bond motifs is 8. The molecule has 0 amide bonds. The molecule has 11 aromatic rings. The van der Waals surface area contributed by atoms with Crippen molar-refractivity contribution in [3.05, 3.63) is 176 Å². The molecule has 0 saturated carbocycles. The molecule has 8 aromatic carbocycles. The van der Waals surface area contributed by atoms with Gasteiger partial charge in [-0.25, -0.2) is 19.9 Å². The van der Waals surface area contributed by atoms with Gasteiger partial charge in [0, 0.05) is 44.1 Å². The molecule has 3 aromatic heterocycles. The highest BCUT2D eigenvalue weighted by Gasteiger charge is 2.21. The quantitative estimate of drug-likeness (QED) is 0.180. The second-order valence-corrected chi connectivity index (χ2v) is 13.5. The van der Waals surface area contributed by atoms with Gasteiger partial charge >= 0.3 is 0 Å². The van der Waals surface area contributed by atoms with E-state index in [1.807, 2.05) is 72.8 Å². The fourth-order valence-electron chi connectivity index (χ4n) is 7.68. The molecule has 6 nitrogen and oxygen atoms in total. The number of para-hydroxylation sites is 1. The summed E-state index contributed by atoms with van der Waals surface area (Å²) in [4.78, 5) is 20.2. The fourth-order valence-corrected chi connectivity index (χ4v) is 7.68. The lowest BCUT2D eigenvalue weighted by Gasteiger charge is -2.10. The Hall–Kier alpha value is -7.44. The molecule has 0 saturated heterocycles. The standard InChI is InChI=1S/C48H29N5O/c1-4-13-32(14-5-1)45-50-46(35-21-20-30-12-10-11-17-34(30)28-35)52-47(51-45)36-24-26-40-38(29-36)43-41(53(40)37-18-8-3-9-19-37)27-23-31-22-25-39-44(42(31)43)54-48(49-39)33-15-6-2-7-16-33/h1-29H. The molecule has 0 aliphatic carbocycles. The number of hydrogen-bond donors (Lipinski definition) is 0. The van der Waals surface area contributed by atoms with Crippen LogP contribution in [0.2, 0.25) is 0 Å². The van der Waals surface area contributed by atoms with Crippen LogP contribution in [0.5, 0.6) is 0 Å². The van der Waals surface area contributed by atoms with E-state index in [0.717, 1.165) is 77.0 Å². The van der Waals surface area contributed by atoms with Crippen LogP contribution >= 0.6 is 0 Å². The Morgan fingerprint density at radius 3 is 1.72 bits per heavy atom. The number of hydrogen-bond acceptors (Lipinski definition) is 5. The normalized spacial score (nSPS) is 11.7. The highest BCUT2D eigenvalue weighted by atomic mass is 16.3. The van der Waals surface area contributed by atoms with Crippen LogP contribution in [0.15, 0.2) is 180 Å². The first kappa shape index (κ1) is 30.2. The zero-order chi connectivity index (χ0) is 35.6. The van der Waals surface area contributed by atoms with Gasteiger partial charge in [0.2, 0.25) is 5.89 Å². The summed E-state index contributed by atoms with van der Waals surface area (Å²) in [6, 6.07) is 60.5. The Morgan fingerprint density at radius 1 is 0.389 bits per heavy atom. The van der Waals surface area contributed by atoms with E-state index in [1.54, 1.807) is 0 Å². The molecule has 3 heterocycles. The molecular formula is C48H29N5O. The van der Waals surface area contributed by atoms with E-state index in [0.29, 0.717) is 23.4 Å². The van der Waals surface area contributed by atoms with Crippen LogP contribution < -0.4 is 0 Å². The van der Waals surface area contributed by atoms with Gasteiger partial charge in [-0.2, -0.15) is 0 Å². The second-order valence-electron chi connectivity index (χ2n) is 13.5. The molecule has 0 fully saturated rings. The minimum Gasteiger partial charge on any atom is -0.435 e. The number of oxazole rings is 1. The first-order chi connectivity index (χ1) is 26.7. The predicted molar refractivity (Wildman–Crippen MR) is 218 cm³/mol. The van der Waals surface area contributed by atoms with Gasteiger partial charge in [-0.15, -0.1) is 0 Å². The maximum absolute atomic E-state index is 6.66. The van der Waals surface area contributed by atoms with Crippen molar-refractivity contribution in [2.24, 2.45) is 0 Å². The van der Waals surface area contributed by atoms with Gasteiger partial charge < -0.3 is 8.98 Å². The minimum absolute atomic E-state index is 0.599. The number of rotatable bonds is 5. The molecule has 0 aliphatic heterocycles. The SMILES string of the molecule is c1ccc(-c2nc(-c3ccc4ccccc4c3)nc(-c3ccc4c(c3)c3c5c(ccc6nc(-c7ccccc7)oc65)ccc3n4-c3ccccc3)n2)cc1. The third-order valence-corrected chi connectivity index (χ3v) is 10.2. The van der Waals surface area contributed by atoms with Crippen molar-refractivity contribution in [2.45, 2.75) is 0 Å². The van der Waals surface area contributed by atoms with Crippen LogP contribution in [0.25, 0.3) is 106 Å². The third-order valence-electron chi connectivity index (χ3n) is 10.2. The van der Waals surface area contributed by atoms with Crippen molar-refractivity contribution < 1.29 is 4.42 Å². The van der Waals surface area contributed by atoms with Crippen molar-refractivity contribution in [1.82, 2.24) is 24.5 Å². The fraction of sp³-hybridized carbons (Fsp3) is 0. The molecule has 0 radical (unpaired) electrons. The highest BCUT2D eigenvalue weighted by Crippen LogP contribution is 2.42. The van der Waals surface area contributed by atoms with Crippen LogP contribution in [0.1, 0.15) is 0 Å². The maximum Gasteiger partial charge on any atom is 0.227 e. The molecule has 0 atom stereocenters. The summed E-state index contributed by atoms with van der Waals surface area (Å²) in [6.07, 6.45) is 0. The molecule has 0 spiro atoms. The summed E-state index contributed by atoms with van der Waals surface area (Å²) in [6.45, 7) is 0. The summed E-state index contributed by atoms with van der Waals surface area (Å²) in [5.74, 6) is 2.45. The third kappa shape index (κ3) is 4.89. The van der Waals surface area contributed by atoms with Gasteiger partial charge in [-0.3, -0.25) is 0 Å². The van der Waals surface area contributed by atoms with Gasteiger partial charge in [0.25, 0.3) is 0 Å². The van der Waals surface area contributed by atoms with Crippen molar-refractivity contribution in [3.8, 4) is 51.3 Å². The Labute approximate surface area is 309 Å². The average Bonchev–Trinajstić information content (AvgIpc) is 3.84. The first-order valence-corrected chi connectivity index (χ1v) is 18.0. The van der Waals surface area contributed by atoms with Crippen LogP contribution in [0, 0.1) is 0 Å². The lowest BCUT2D eigenvalue weighted by molar-refractivity contribution is 0.623. The predicted octanol–water partition coefficient (Wildman–Crippen LogP) is 12.1. The van der Waals surface area contributed by atoms with E-state index in [-0.39, 0.29) is 0 Å². The molecule has 0 bridgehead atoms. The zero-order valence-electron chi connectivity index (χ0n) is 28.9. The molecule has 6 heteroatoms. The zero-order valence-corrected chi connectivity index (χ0v) is 28.9. The van der Waals surface area contributed by atoms with Crippen LogP contribution in [-0.2, 0) is 0 Å². The van der Waals surface area contributed by atoms with Crippen LogP contribution in [0.3, 0.4) is 0 Å². The molecule has 252 valence electrons. The Balaban J connectivity index is 1.20. The summed E-state index contributed by atoms with van der Waals surface area (Å²) in [5, 5.41) is 6.55. The van der Waals surface area contributed by atoms with Crippen molar-refractivity contribution in [1.29, 1.82) is 0 Å². The Kier molecular flexibility index (Phi) is 6.75. The van der Waals surface area contributed by atoms with Gasteiger partial charge in [-0.05, 0) is 76.8 Å². The molecule has 11 rings (SSSR count). The van der Waals surface area contributed by atoms with Crippen molar-refractivity contribution in [3.63, 3.8) is 0 Å². The average molecular weight is 692 g/mol. The monoisotopic (exact) mass is 691 g/mol. The van der Waals surface area contributed by atoms with Crippen molar-refractivity contribution >= 4 is 54.5 Å². The Bertz CT molecular complexity index is 3210. The van der Waals surface area contributed by atoms with E-state index in [1.165, 1.54) is 5.39 Å². The van der Waals surface area contributed by atoms with Gasteiger partial charge in [0.1, 0.15) is 5.52 Å². The molecule has 0 N–H and O–H groups in total. The number of aromatic nitrogens is 5. The summed E-state index contributed by atoms with van der Waals surface area (Å²) in [7, 11) is 0. The number of nitrogens with zero attached hydrogens (tertiary/aromatic N) is 5. The lowest BCUT2D eigenvalue weighted by atomic mass is 10.0. The minimum atomic E-state index is 0.599. The van der Waals surface area contributed by atoms with Crippen molar-refractivity contribution in [2.75, 3.05) is 0 Å². The van der Waals surface area contributed by atoms with Gasteiger partial charge in [-0.1, -0.05) is 115 Å². The van der Waals surface area contributed by atoms with E-state index in [4.69, 9.17) is 24.4 Å². The molecule has 54 heavy (non-hydrogen) atoms. The van der Waals surface area contributed by atoms with Gasteiger partial charge in [0.15, 0.2) is 23.1 Å². The molecular weight excluding hydrogens is 663 g/mol. The van der Waals surface area contributed by atoms with E-state index < -0.39 is 0 Å². The summed E-state index contributed by atoms with van der Waals surface area (Å²) < 4.78 is 8.98. The van der Waals surface area contributed by atoms with Crippen LogP contribution in [0.4, 0.5) is 0 Å². The summed E-state index contributed by atoms with van der Waals surface area (Å²) in [5.41, 5.74) is 8.49. The van der Waals surface area contributed by atoms with E-state index >= 15 is 0 Å². The second kappa shape index (κ2) is 12.1. The Morgan fingerprint density at radius 2 is 0.963 bits per heavy atom. The van der Waals surface area contributed by atoms with Gasteiger partial charge in [0.05, 0.1) is 11.0 Å². The smallest absolute Gasteiger partial charge is 0.227 e. The topological polar surface area (TPSA) is 69.6 Å².